The normalized spacial score (nSPS) is 18.3. The number of esters is 1. The Morgan fingerprint density at radius 3 is 2.69 bits per heavy atom. The fourth-order valence-electron chi connectivity index (χ4n) is 4.32. The van der Waals surface area contributed by atoms with Crippen molar-refractivity contribution in [1.29, 1.82) is 0 Å². The van der Waals surface area contributed by atoms with Crippen molar-refractivity contribution in [1.82, 2.24) is 4.57 Å². The summed E-state index contributed by atoms with van der Waals surface area (Å²) in [5.74, 6) is 0.611. The summed E-state index contributed by atoms with van der Waals surface area (Å²) in [5.41, 5.74) is 5.65. The van der Waals surface area contributed by atoms with Crippen molar-refractivity contribution in [2.24, 2.45) is 0 Å². The summed E-state index contributed by atoms with van der Waals surface area (Å²) in [4.78, 5) is 12.2. The molecule has 0 aliphatic carbocycles. The van der Waals surface area contributed by atoms with Gasteiger partial charge in [0.15, 0.2) is 0 Å². The molecule has 1 aromatic heterocycles. The smallest absolute Gasteiger partial charge is 0.306 e. The fraction of sp³-hybridized carbons (Fsp3) is 0.318. The molecule has 134 valence electrons. The molecule has 0 N–H and O–H groups in total. The van der Waals surface area contributed by atoms with Crippen LogP contribution in [-0.4, -0.2) is 24.8 Å². The van der Waals surface area contributed by atoms with E-state index in [4.69, 9.17) is 9.47 Å². The van der Waals surface area contributed by atoms with Crippen molar-refractivity contribution >= 4 is 16.9 Å². The molecule has 2 aromatic carbocycles. The molecule has 1 aliphatic rings. The number of rotatable bonds is 3. The predicted molar refractivity (Wildman–Crippen MR) is 103 cm³/mol. The van der Waals surface area contributed by atoms with Crippen molar-refractivity contribution in [2.75, 3.05) is 14.2 Å². The second kappa shape index (κ2) is 5.90. The van der Waals surface area contributed by atoms with Crippen LogP contribution in [0, 0.1) is 6.92 Å². The van der Waals surface area contributed by atoms with E-state index in [0.29, 0.717) is 6.42 Å². The molecule has 4 heteroatoms. The van der Waals surface area contributed by atoms with Gasteiger partial charge in [0.25, 0.3) is 0 Å². The molecule has 0 saturated heterocycles. The quantitative estimate of drug-likeness (QED) is 0.656. The van der Waals surface area contributed by atoms with Gasteiger partial charge < -0.3 is 14.0 Å². The molecule has 4 nitrogen and oxygen atoms in total. The van der Waals surface area contributed by atoms with E-state index in [1.54, 1.807) is 7.11 Å². The summed E-state index contributed by atoms with van der Waals surface area (Å²) in [6.45, 7) is 5.03. The van der Waals surface area contributed by atoms with Crippen LogP contribution in [0.15, 0.2) is 42.5 Å². The first-order chi connectivity index (χ1) is 12.5. The predicted octanol–water partition coefficient (Wildman–Crippen LogP) is 4.46. The average Bonchev–Trinajstić information content (AvgIpc) is 2.93. The first kappa shape index (κ1) is 16.7. The Morgan fingerprint density at radius 2 is 1.96 bits per heavy atom. The maximum Gasteiger partial charge on any atom is 0.306 e. The minimum absolute atomic E-state index is 0.196. The molecule has 26 heavy (non-hydrogen) atoms. The van der Waals surface area contributed by atoms with Crippen LogP contribution in [-0.2, 0) is 21.5 Å². The number of para-hydroxylation sites is 1. The third-order valence-electron chi connectivity index (χ3n) is 5.63. The standard InChI is InChI=1S/C22H23NO3/c1-14-16-7-5-6-8-19(16)23-13-22(2,12-20(24)26-4)18-11-15(25-3)9-10-17(18)21(14)23/h5-11H,12-13H2,1-4H3. The van der Waals surface area contributed by atoms with Gasteiger partial charge in [-0.1, -0.05) is 25.1 Å². The van der Waals surface area contributed by atoms with Gasteiger partial charge in [-0.25, -0.2) is 0 Å². The van der Waals surface area contributed by atoms with Gasteiger partial charge in [-0.05, 0) is 42.3 Å². The Labute approximate surface area is 153 Å². The van der Waals surface area contributed by atoms with Crippen molar-refractivity contribution < 1.29 is 14.3 Å². The van der Waals surface area contributed by atoms with Gasteiger partial charge in [-0.15, -0.1) is 0 Å². The van der Waals surface area contributed by atoms with Gasteiger partial charge in [0.1, 0.15) is 5.75 Å². The lowest BCUT2D eigenvalue weighted by Crippen LogP contribution is -2.35. The average molecular weight is 349 g/mol. The van der Waals surface area contributed by atoms with Crippen molar-refractivity contribution in [3.05, 3.63) is 53.6 Å². The molecule has 1 unspecified atom stereocenters. The number of ether oxygens (including phenoxy) is 2. The molecule has 2 heterocycles. The van der Waals surface area contributed by atoms with Gasteiger partial charge in [-0.3, -0.25) is 4.79 Å². The number of aryl methyl sites for hydroxylation is 1. The molecule has 0 spiro atoms. The number of methoxy groups -OCH3 is 2. The highest BCUT2D eigenvalue weighted by Gasteiger charge is 2.39. The zero-order valence-corrected chi connectivity index (χ0v) is 15.6. The van der Waals surface area contributed by atoms with Crippen molar-refractivity contribution in [2.45, 2.75) is 32.2 Å². The zero-order valence-electron chi connectivity index (χ0n) is 15.6. The summed E-state index contributed by atoms with van der Waals surface area (Å²) in [7, 11) is 3.12. The number of aromatic nitrogens is 1. The van der Waals surface area contributed by atoms with E-state index in [1.165, 1.54) is 29.3 Å². The molecule has 4 rings (SSSR count). The monoisotopic (exact) mass is 349 g/mol. The van der Waals surface area contributed by atoms with Crippen molar-refractivity contribution in [3.63, 3.8) is 0 Å². The number of hydrogen-bond acceptors (Lipinski definition) is 3. The number of hydrogen-bond donors (Lipinski definition) is 0. The highest BCUT2D eigenvalue weighted by molar-refractivity contribution is 5.93. The number of carbonyl (C=O) groups is 1. The van der Waals surface area contributed by atoms with Gasteiger partial charge in [0.05, 0.1) is 26.3 Å². The van der Waals surface area contributed by atoms with Crippen LogP contribution in [0.3, 0.4) is 0 Å². The van der Waals surface area contributed by atoms with Crippen LogP contribution in [0.1, 0.15) is 24.5 Å². The Balaban J connectivity index is 2.02. The van der Waals surface area contributed by atoms with Crippen LogP contribution >= 0.6 is 0 Å². The lowest BCUT2D eigenvalue weighted by molar-refractivity contribution is -0.142. The molecule has 3 aromatic rings. The third kappa shape index (κ3) is 2.32. The second-order valence-corrected chi connectivity index (χ2v) is 7.30. The fourth-order valence-corrected chi connectivity index (χ4v) is 4.32. The first-order valence-corrected chi connectivity index (χ1v) is 8.82. The van der Waals surface area contributed by atoms with E-state index in [0.717, 1.165) is 23.4 Å². The van der Waals surface area contributed by atoms with E-state index < -0.39 is 0 Å². The lowest BCUT2D eigenvalue weighted by Gasteiger charge is -2.37. The van der Waals surface area contributed by atoms with Crippen LogP contribution in [0.5, 0.6) is 5.75 Å². The van der Waals surface area contributed by atoms with Gasteiger partial charge in [0.2, 0.25) is 0 Å². The molecule has 0 amide bonds. The Morgan fingerprint density at radius 1 is 1.19 bits per heavy atom. The molecule has 0 saturated carbocycles. The number of fused-ring (bicyclic) bond motifs is 5. The Bertz CT molecular complexity index is 1020. The van der Waals surface area contributed by atoms with Crippen LogP contribution < -0.4 is 4.74 Å². The van der Waals surface area contributed by atoms with Crippen molar-refractivity contribution in [3.8, 4) is 17.0 Å². The van der Waals surface area contributed by atoms with Gasteiger partial charge in [-0.2, -0.15) is 0 Å². The molecule has 0 radical (unpaired) electrons. The molecule has 1 atom stereocenters. The number of carbonyl (C=O) groups excluding carboxylic acids is 1. The third-order valence-corrected chi connectivity index (χ3v) is 5.63. The van der Waals surface area contributed by atoms with E-state index in [2.05, 4.69) is 54.8 Å². The highest BCUT2D eigenvalue weighted by atomic mass is 16.5. The summed E-state index contributed by atoms with van der Waals surface area (Å²) in [6, 6.07) is 14.6. The SMILES string of the molecule is COC(=O)CC1(C)Cn2c(c(C)c3ccccc32)-c2ccc(OC)cc21. The summed E-state index contributed by atoms with van der Waals surface area (Å²) in [5, 5.41) is 1.26. The molecular formula is C22H23NO3. The van der Waals surface area contributed by atoms with Crippen LogP contribution in [0.25, 0.3) is 22.2 Å². The van der Waals surface area contributed by atoms with E-state index in [1.807, 2.05) is 6.07 Å². The van der Waals surface area contributed by atoms with Gasteiger partial charge in [0, 0.05) is 28.4 Å². The van der Waals surface area contributed by atoms with E-state index in [9.17, 15) is 4.79 Å². The topological polar surface area (TPSA) is 40.5 Å². The lowest BCUT2D eigenvalue weighted by atomic mass is 9.74. The zero-order chi connectivity index (χ0) is 18.5. The Kier molecular flexibility index (Phi) is 3.79. The van der Waals surface area contributed by atoms with Gasteiger partial charge >= 0.3 is 5.97 Å². The minimum Gasteiger partial charge on any atom is -0.497 e. The summed E-state index contributed by atoms with van der Waals surface area (Å²) in [6.07, 6.45) is 0.328. The number of nitrogens with zero attached hydrogens (tertiary/aromatic N) is 1. The molecule has 1 aliphatic heterocycles. The van der Waals surface area contributed by atoms with Crippen LogP contribution in [0.4, 0.5) is 0 Å². The van der Waals surface area contributed by atoms with E-state index >= 15 is 0 Å². The molecule has 0 bridgehead atoms. The van der Waals surface area contributed by atoms with E-state index in [-0.39, 0.29) is 11.4 Å². The maximum atomic E-state index is 12.2. The largest absolute Gasteiger partial charge is 0.497 e. The molecule has 0 fully saturated rings. The minimum atomic E-state index is -0.363. The summed E-state index contributed by atoms with van der Waals surface area (Å²) < 4.78 is 12.8. The highest BCUT2D eigenvalue weighted by Crippen LogP contribution is 2.47. The van der Waals surface area contributed by atoms with Crippen LogP contribution in [0.2, 0.25) is 0 Å². The second-order valence-electron chi connectivity index (χ2n) is 7.30. The summed E-state index contributed by atoms with van der Waals surface area (Å²) >= 11 is 0. The first-order valence-electron chi connectivity index (χ1n) is 8.82. The maximum absolute atomic E-state index is 12.2. The Hall–Kier alpha value is -2.75. The molecular weight excluding hydrogens is 326 g/mol. The number of benzene rings is 2.